The molecule has 0 aliphatic heterocycles. The zero-order valence-electron chi connectivity index (χ0n) is 8.83. The van der Waals surface area contributed by atoms with Crippen molar-refractivity contribution < 1.29 is 5.11 Å². The molecule has 0 bridgehead atoms. The Morgan fingerprint density at radius 1 is 1.40 bits per heavy atom. The number of hydrogen-bond donors (Lipinski definition) is 2. The van der Waals surface area contributed by atoms with Crippen molar-refractivity contribution in [2.45, 2.75) is 13.3 Å². The van der Waals surface area contributed by atoms with Gasteiger partial charge in [-0.15, -0.1) is 0 Å². The first kappa shape index (κ1) is 9.99. The summed E-state index contributed by atoms with van der Waals surface area (Å²) in [5.74, 6) is 0. The Balaban J connectivity index is 2.29. The molecule has 0 unspecified atom stereocenters. The van der Waals surface area contributed by atoms with Gasteiger partial charge < -0.3 is 10.1 Å². The smallest absolute Gasteiger partial charge is 0.0639 e. The number of aromatic nitrogens is 1. The van der Waals surface area contributed by atoms with Crippen molar-refractivity contribution in [1.82, 2.24) is 4.98 Å². The summed E-state index contributed by atoms with van der Waals surface area (Å²) in [7, 11) is 0. The van der Waals surface area contributed by atoms with E-state index in [0.29, 0.717) is 0 Å². The monoisotopic (exact) mass is 201 g/mol. The summed E-state index contributed by atoms with van der Waals surface area (Å²) in [6, 6.07) is 8.25. The third-order valence-corrected chi connectivity index (χ3v) is 2.59. The number of hydrogen-bond acceptors (Lipinski definition) is 1. The molecular formula is C13H15NO. The van der Waals surface area contributed by atoms with Crippen LogP contribution in [0.25, 0.3) is 10.9 Å². The van der Waals surface area contributed by atoms with Crippen LogP contribution in [0.2, 0.25) is 0 Å². The number of fused-ring (bicyclic) bond motifs is 1. The number of allylic oxidation sites excluding steroid dienone is 1. The number of rotatable bonds is 3. The SMILES string of the molecule is C/C(=C\Cc1c[nH]c2ccccc12)CO. The highest BCUT2D eigenvalue weighted by Crippen LogP contribution is 2.18. The van der Waals surface area contributed by atoms with Gasteiger partial charge in [0.15, 0.2) is 0 Å². The molecular weight excluding hydrogens is 186 g/mol. The second-order valence-electron chi connectivity index (χ2n) is 3.77. The lowest BCUT2D eigenvalue weighted by Gasteiger charge is -1.96. The average molecular weight is 201 g/mol. The Labute approximate surface area is 89.3 Å². The summed E-state index contributed by atoms with van der Waals surface area (Å²) >= 11 is 0. The number of H-pyrrole nitrogens is 1. The van der Waals surface area contributed by atoms with E-state index in [1.165, 1.54) is 16.5 Å². The van der Waals surface area contributed by atoms with Gasteiger partial charge in [-0.05, 0) is 25.0 Å². The van der Waals surface area contributed by atoms with Crippen molar-refractivity contribution in [2.24, 2.45) is 0 Å². The molecule has 2 N–H and O–H groups in total. The summed E-state index contributed by atoms with van der Waals surface area (Å²) in [4.78, 5) is 3.24. The lowest BCUT2D eigenvalue weighted by Crippen LogP contribution is -1.86. The Kier molecular flexibility index (Phi) is 2.88. The maximum absolute atomic E-state index is 8.90. The molecule has 0 saturated heterocycles. The fraction of sp³-hybridized carbons (Fsp3) is 0.231. The number of benzene rings is 1. The molecule has 0 spiro atoms. The molecule has 2 aromatic rings. The number of aliphatic hydroxyl groups is 1. The minimum Gasteiger partial charge on any atom is -0.392 e. The van der Waals surface area contributed by atoms with Gasteiger partial charge in [0.05, 0.1) is 6.61 Å². The highest BCUT2D eigenvalue weighted by molar-refractivity contribution is 5.83. The summed E-state index contributed by atoms with van der Waals surface area (Å²) in [6.07, 6.45) is 4.97. The van der Waals surface area contributed by atoms with E-state index >= 15 is 0 Å². The molecule has 0 amide bonds. The first-order valence-electron chi connectivity index (χ1n) is 5.12. The first-order chi connectivity index (χ1) is 7.31. The van der Waals surface area contributed by atoms with E-state index in [0.717, 1.165) is 12.0 Å². The van der Waals surface area contributed by atoms with Gasteiger partial charge in [-0.25, -0.2) is 0 Å². The van der Waals surface area contributed by atoms with Crippen LogP contribution >= 0.6 is 0 Å². The standard InChI is InChI=1S/C13H15NO/c1-10(9-15)6-7-11-8-14-13-5-3-2-4-12(11)13/h2-6,8,14-15H,7,9H2,1H3/b10-6+. The van der Waals surface area contributed by atoms with Crippen LogP contribution in [0.3, 0.4) is 0 Å². The number of aromatic amines is 1. The van der Waals surface area contributed by atoms with Gasteiger partial charge in [-0.3, -0.25) is 0 Å². The maximum Gasteiger partial charge on any atom is 0.0639 e. The van der Waals surface area contributed by atoms with E-state index in [4.69, 9.17) is 5.11 Å². The third-order valence-electron chi connectivity index (χ3n) is 2.59. The van der Waals surface area contributed by atoms with E-state index in [1.807, 2.05) is 25.3 Å². The van der Waals surface area contributed by atoms with Gasteiger partial charge in [-0.2, -0.15) is 0 Å². The van der Waals surface area contributed by atoms with Crippen molar-refractivity contribution >= 4 is 10.9 Å². The van der Waals surface area contributed by atoms with E-state index in [9.17, 15) is 0 Å². The quantitative estimate of drug-likeness (QED) is 0.736. The van der Waals surface area contributed by atoms with Gasteiger partial charge in [-0.1, -0.05) is 29.8 Å². The van der Waals surface area contributed by atoms with Crippen LogP contribution in [0.1, 0.15) is 12.5 Å². The first-order valence-corrected chi connectivity index (χ1v) is 5.12. The Bertz CT molecular complexity index is 482. The van der Waals surface area contributed by atoms with Crippen molar-refractivity contribution in [2.75, 3.05) is 6.61 Å². The molecule has 2 heteroatoms. The van der Waals surface area contributed by atoms with Crippen molar-refractivity contribution in [3.63, 3.8) is 0 Å². The fourth-order valence-corrected chi connectivity index (χ4v) is 1.65. The lowest BCUT2D eigenvalue weighted by atomic mass is 10.1. The predicted molar refractivity (Wildman–Crippen MR) is 62.8 cm³/mol. The van der Waals surface area contributed by atoms with Crippen LogP contribution in [0.5, 0.6) is 0 Å². The van der Waals surface area contributed by atoms with Gasteiger partial charge in [0.25, 0.3) is 0 Å². The molecule has 0 atom stereocenters. The molecule has 2 rings (SSSR count). The van der Waals surface area contributed by atoms with Gasteiger partial charge in [0.1, 0.15) is 0 Å². The number of nitrogens with one attached hydrogen (secondary N) is 1. The Morgan fingerprint density at radius 3 is 3.00 bits per heavy atom. The molecule has 0 aliphatic carbocycles. The van der Waals surface area contributed by atoms with Crippen LogP contribution < -0.4 is 0 Å². The fourth-order valence-electron chi connectivity index (χ4n) is 1.65. The number of aliphatic hydroxyl groups excluding tert-OH is 1. The zero-order valence-corrected chi connectivity index (χ0v) is 8.83. The highest BCUT2D eigenvalue weighted by Gasteiger charge is 2.00. The van der Waals surface area contributed by atoms with Gasteiger partial charge in [0, 0.05) is 17.1 Å². The summed E-state index contributed by atoms with van der Waals surface area (Å²) in [5, 5.41) is 10.2. The average Bonchev–Trinajstić information content (AvgIpc) is 2.69. The molecule has 1 heterocycles. The molecule has 1 aromatic carbocycles. The van der Waals surface area contributed by atoms with Crippen LogP contribution in [-0.2, 0) is 6.42 Å². The summed E-state index contributed by atoms with van der Waals surface area (Å²) in [5.41, 5.74) is 3.46. The van der Waals surface area contributed by atoms with E-state index in [-0.39, 0.29) is 6.61 Å². The summed E-state index contributed by atoms with van der Waals surface area (Å²) in [6.45, 7) is 2.08. The molecule has 0 fully saturated rings. The topological polar surface area (TPSA) is 36.0 Å². The largest absolute Gasteiger partial charge is 0.392 e. The maximum atomic E-state index is 8.90. The minimum absolute atomic E-state index is 0.141. The summed E-state index contributed by atoms with van der Waals surface area (Å²) < 4.78 is 0. The normalized spacial score (nSPS) is 12.3. The molecule has 0 aliphatic rings. The molecule has 0 saturated carbocycles. The molecule has 1 aromatic heterocycles. The Hall–Kier alpha value is -1.54. The second kappa shape index (κ2) is 4.32. The van der Waals surface area contributed by atoms with Crippen LogP contribution in [0.4, 0.5) is 0 Å². The van der Waals surface area contributed by atoms with Crippen molar-refractivity contribution in [3.8, 4) is 0 Å². The van der Waals surface area contributed by atoms with E-state index < -0.39 is 0 Å². The minimum atomic E-state index is 0.141. The molecule has 0 radical (unpaired) electrons. The predicted octanol–water partition coefficient (Wildman–Crippen LogP) is 2.65. The lowest BCUT2D eigenvalue weighted by molar-refractivity contribution is 0.331. The van der Waals surface area contributed by atoms with Gasteiger partial charge in [0.2, 0.25) is 0 Å². The molecule has 15 heavy (non-hydrogen) atoms. The van der Waals surface area contributed by atoms with Crippen molar-refractivity contribution in [3.05, 3.63) is 47.7 Å². The van der Waals surface area contributed by atoms with E-state index in [2.05, 4.69) is 23.2 Å². The zero-order chi connectivity index (χ0) is 10.7. The Morgan fingerprint density at radius 2 is 2.20 bits per heavy atom. The second-order valence-corrected chi connectivity index (χ2v) is 3.77. The van der Waals surface area contributed by atoms with Crippen molar-refractivity contribution in [1.29, 1.82) is 0 Å². The highest BCUT2D eigenvalue weighted by atomic mass is 16.3. The van der Waals surface area contributed by atoms with Crippen LogP contribution in [-0.4, -0.2) is 16.7 Å². The van der Waals surface area contributed by atoms with Crippen LogP contribution in [0, 0.1) is 0 Å². The third kappa shape index (κ3) is 2.10. The number of para-hydroxylation sites is 1. The molecule has 2 nitrogen and oxygen atoms in total. The molecule has 78 valence electrons. The van der Waals surface area contributed by atoms with Gasteiger partial charge >= 0.3 is 0 Å². The van der Waals surface area contributed by atoms with E-state index in [1.54, 1.807) is 0 Å². The van der Waals surface area contributed by atoms with Crippen LogP contribution in [0.15, 0.2) is 42.1 Å².